The third-order valence-electron chi connectivity index (χ3n) is 6.13. The van der Waals surface area contributed by atoms with Crippen molar-refractivity contribution in [3.05, 3.63) is 59.4 Å². The van der Waals surface area contributed by atoms with Crippen LogP contribution in [0.15, 0.2) is 47.4 Å². The van der Waals surface area contributed by atoms with Gasteiger partial charge in [-0.05, 0) is 54.3 Å². The van der Waals surface area contributed by atoms with E-state index < -0.39 is 33.1 Å². The Labute approximate surface area is 173 Å². The first kappa shape index (κ1) is 22.1. The molecule has 0 spiro atoms. The predicted octanol–water partition coefficient (Wildman–Crippen LogP) is 4.61. The number of sulfone groups is 1. The Bertz CT molecular complexity index is 1010. The highest BCUT2D eigenvalue weighted by molar-refractivity contribution is 7.91. The van der Waals surface area contributed by atoms with Crippen molar-refractivity contribution in [2.45, 2.75) is 56.4 Å². The van der Waals surface area contributed by atoms with Crippen LogP contribution in [0.5, 0.6) is 0 Å². The molecule has 3 rings (SSSR count). The molecule has 0 fully saturated rings. The van der Waals surface area contributed by atoms with E-state index in [1.807, 2.05) is 13.8 Å². The maximum absolute atomic E-state index is 14.2. The van der Waals surface area contributed by atoms with E-state index in [2.05, 4.69) is 0 Å². The summed E-state index contributed by atoms with van der Waals surface area (Å²) in [5.41, 5.74) is 0.0564. The summed E-state index contributed by atoms with van der Waals surface area (Å²) in [7, 11) is -3.89. The predicted molar refractivity (Wildman–Crippen MR) is 112 cm³/mol. The number of benzene rings is 2. The van der Waals surface area contributed by atoms with Gasteiger partial charge in [0.15, 0.2) is 18.3 Å². The molecular formula is C22H26FO4PS. The van der Waals surface area contributed by atoms with Gasteiger partial charge >= 0.3 is 0 Å². The minimum absolute atomic E-state index is 0.0693. The number of hydrogen-bond donors (Lipinski definition) is 1. The summed E-state index contributed by atoms with van der Waals surface area (Å²) < 4.78 is 52.2. The fourth-order valence-electron chi connectivity index (χ4n) is 4.48. The van der Waals surface area contributed by atoms with Gasteiger partial charge in [-0.2, -0.15) is 0 Å². The van der Waals surface area contributed by atoms with Gasteiger partial charge in [0.2, 0.25) is 0 Å². The number of unbranched alkanes of at least 4 members (excludes halogenated alkanes) is 1. The molecule has 0 radical (unpaired) electrons. The zero-order chi connectivity index (χ0) is 21.2. The lowest BCUT2D eigenvalue weighted by molar-refractivity contribution is 0.0174. The second-order valence-corrected chi connectivity index (χ2v) is 10.5. The second kappa shape index (κ2) is 8.63. The molecule has 0 saturated carbocycles. The summed E-state index contributed by atoms with van der Waals surface area (Å²) in [6, 6.07) is 10.5. The molecule has 7 heteroatoms. The summed E-state index contributed by atoms with van der Waals surface area (Å²) in [4.78, 5) is 0.0693. The minimum atomic E-state index is -3.73. The fraction of sp³-hybridized carbons (Fsp3) is 0.455. The molecule has 2 aromatic carbocycles. The number of aliphatic hydroxyl groups excluding tert-OH is 1. The van der Waals surface area contributed by atoms with Crippen LogP contribution in [0.1, 0.15) is 56.6 Å². The molecule has 1 N–H and O–H groups in total. The first-order chi connectivity index (χ1) is 13.8. The average molecular weight is 436 g/mol. The quantitative estimate of drug-likeness (QED) is 0.530. The molecule has 1 aliphatic heterocycles. The summed E-state index contributed by atoms with van der Waals surface area (Å²) >= 11 is 0. The Morgan fingerprint density at radius 1 is 1.21 bits per heavy atom. The highest BCUT2D eigenvalue weighted by Crippen LogP contribution is 2.48. The van der Waals surface area contributed by atoms with Crippen LogP contribution in [-0.4, -0.2) is 25.4 Å². The Balaban J connectivity index is 2.31. The molecule has 2 aromatic rings. The van der Waals surface area contributed by atoms with Crippen LogP contribution in [0.2, 0.25) is 0 Å². The second-order valence-electron chi connectivity index (χ2n) is 7.87. The standard InChI is InChI=1S/C22H26FO4PS/c1-3-5-11-22(4-2)14-29(26,27)19-10-9-16(23)13-18(19)20(21(22)24)15-7-6-8-17(12-15)28-25/h6-10,12-13,20-21,24H,3-5,11,14H2,1-2H3/t20-,21-,22-/m1/s1. The highest BCUT2D eigenvalue weighted by atomic mass is 32.2. The van der Waals surface area contributed by atoms with E-state index in [9.17, 15) is 22.5 Å². The molecular weight excluding hydrogens is 410 g/mol. The van der Waals surface area contributed by atoms with Crippen LogP contribution < -0.4 is 5.30 Å². The topological polar surface area (TPSA) is 71.4 Å². The number of aliphatic hydroxyl groups is 1. The van der Waals surface area contributed by atoms with Crippen molar-refractivity contribution in [1.82, 2.24) is 0 Å². The maximum Gasteiger partial charge on any atom is 0.192 e. The van der Waals surface area contributed by atoms with Gasteiger partial charge in [0.25, 0.3) is 0 Å². The van der Waals surface area contributed by atoms with E-state index in [1.54, 1.807) is 24.3 Å². The molecule has 0 unspecified atom stereocenters. The molecule has 1 heterocycles. The first-order valence-electron chi connectivity index (χ1n) is 9.91. The van der Waals surface area contributed by atoms with Gasteiger partial charge in [-0.1, -0.05) is 38.8 Å². The lowest BCUT2D eigenvalue weighted by atomic mass is 9.69. The summed E-state index contributed by atoms with van der Waals surface area (Å²) in [5.74, 6) is -1.45. The third kappa shape index (κ3) is 4.16. The van der Waals surface area contributed by atoms with Gasteiger partial charge in [0.1, 0.15) is 5.82 Å². The molecule has 0 aromatic heterocycles. The lowest BCUT2D eigenvalue weighted by Crippen LogP contribution is -2.42. The number of fused-ring (bicyclic) bond motifs is 1. The van der Waals surface area contributed by atoms with Crippen LogP contribution in [0.4, 0.5) is 4.39 Å². The van der Waals surface area contributed by atoms with Crippen molar-refractivity contribution < 1.29 is 22.5 Å². The molecule has 156 valence electrons. The maximum atomic E-state index is 14.2. The largest absolute Gasteiger partial charge is 0.392 e. The summed E-state index contributed by atoms with van der Waals surface area (Å²) in [6.45, 7) is 3.92. The van der Waals surface area contributed by atoms with Gasteiger partial charge in [-0.25, -0.2) is 12.8 Å². The molecule has 4 nitrogen and oxygen atoms in total. The van der Waals surface area contributed by atoms with Crippen LogP contribution in [0.25, 0.3) is 0 Å². The Kier molecular flexibility index (Phi) is 6.57. The van der Waals surface area contributed by atoms with Gasteiger partial charge in [0, 0.05) is 16.6 Å². The van der Waals surface area contributed by atoms with E-state index >= 15 is 0 Å². The monoisotopic (exact) mass is 436 g/mol. The van der Waals surface area contributed by atoms with Gasteiger partial charge < -0.3 is 5.11 Å². The molecule has 29 heavy (non-hydrogen) atoms. The fourth-order valence-corrected chi connectivity index (χ4v) is 7.09. The highest BCUT2D eigenvalue weighted by Gasteiger charge is 2.49. The Hall–Kier alpha value is -1.62. The first-order valence-corrected chi connectivity index (χ1v) is 12.4. The minimum Gasteiger partial charge on any atom is -0.392 e. The average Bonchev–Trinajstić information content (AvgIpc) is 2.77. The Morgan fingerprint density at radius 2 is 1.97 bits per heavy atom. The van der Waals surface area contributed by atoms with Gasteiger partial charge in [0.05, 0.1) is 16.8 Å². The van der Waals surface area contributed by atoms with Crippen LogP contribution in [0, 0.1) is 11.2 Å². The molecule has 0 aliphatic carbocycles. The Morgan fingerprint density at radius 3 is 2.62 bits per heavy atom. The third-order valence-corrected chi connectivity index (χ3v) is 8.62. The number of rotatable bonds is 6. The molecule has 0 bridgehead atoms. The van der Waals surface area contributed by atoms with Crippen LogP contribution >= 0.6 is 8.46 Å². The number of halogens is 1. The molecule has 0 amide bonds. The van der Waals surface area contributed by atoms with E-state index in [1.165, 1.54) is 12.1 Å². The van der Waals surface area contributed by atoms with Crippen molar-refractivity contribution >= 4 is 23.6 Å². The lowest BCUT2D eigenvalue weighted by Gasteiger charge is -2.39. The van der Waals surface area contributed by atoms with Crippen molar-refractivity contribution in [3.8, 4) is 0 Å². The summed E-state index contributed by atoms with van der Waals surface area (Å²) in [5, 5.41) is 12.1. The summed E-state index contributed by atoms with van der Waals surface area (Å²) in [6.07, 6.45) is 1.70. The zero-order valence-corrected chi connectivity index (χ0v) is 18.3. The van der Waals surface area contributed by atoms with E-state index in [-0.39, 0.29) is 24.7 Å². The van der Waals surface area contributed by atoms with Crippen molar-refractivity contribution in [1.29, 1.82) is 0 Å². The van der Waals surface area contributed by atoms with Crippen LogP contribution in [0.3, 0.4) is 0 Å². The van der Waals surface area contributed by atoms with E-state index in [0.717, 1.165) is 18.9 Å². The van der Waals surface area contributed by atoms with Crippen molar-refractivity contribution in [3.63, 3.8) is 0 Å². The van der Waals surface area contributed by atoms with E-state index in [0.29, 0.717) is 23.7 Å². The van der Waals surface area contributed by atoms with Crippen molar-refractivity contribution in [2.24, 2.45) is 5.41 Å². The molecule has 1 aliphatic rings. The zero-order valence-electron chi connectivity index (χ0n) is 16.6. The van der Waals surface area contributed by atoms with Crippen LogP contribution in [-0.2, 0) is 14.4 Å². The van der Waals surface area contributed by atoms with Gasteiger partial charge in [-0.15, -0.1) is 0 Å². The molecule has 0 saturated heterocycles. The van der Waals surface area contributed by atoms with Gasteiger partial charge in [-0.3, -0.25) is 4.57 Å². The smallest absolute Gasteiger partial charge is 0.192 e. The molecule has 3 atom stereocenters. The SMILES string of the molecule is CCCC[C@]1(CC)CS(=O)(=O)c2ccc(F)cc2[C@@H](c2cccc(P=O)c2)[C@H]1O. The van der Waals surface area contributed by atoms with Crippen molar-refractivity contribution in [2.75, 3.05) is 5.75 Å². The number of hydrogen-bond acceptors (Lipinski definition) is 4. The normalized spacial score (nSPS) is 26.1. The van der Waals surface area contributed by atoms with E-state index in [4.69, 9.17) is 0 Å².